The Balaban J connectivity index is 1.40. The number of rotatable bonds is 6. The van der Waals surface area contributed by atoms with Crippen LogP contribution in [0, 0.1) is 5.82 Å². The van der Waals surface area contributed by atoms with Crippen LogP contribution in [0.25, 0.3) is 0 Å². The van der Waals surface area contributed by atoms with Crippen molar-refractivity contribution in [2.24, 2.45) is 0 Å². The van der Waals surface area contributed by atoms with Gasteiger partial charge in [0.05, 0.1) is 5.92 Å². The van der Waals surface area contributed by atoms with Crippen molar-refractivity contribution in [3.8, 4) is 5.75 Å². The second-order valence-electron chi connectivity index (χ2n) is 6.72. The number of halogens is 1. The summed E-state index contributed by atoms with van der Waals surface area (Å²) in [6, 6.07) is 13.8. The molecule has 3 aromatic rings. The number of anilines is 1. The predicted octanol–water partition coefficient (Wildman–Crippen LogP) is 3.87. The van der Waals surface area contributed by atoms with E-state index < -0.39 is 0 Å². The Morgan fingerprint density at radius 3 is 2.82 bits per heavy atom. The van der Waals surface area contributed by atoms with E-state index >= 15 is 0 Å². The number of aromatic nitrogens is 2. The number of ether oxygens (including phenoxy) is 1. The molecule has 0 N–H and O–H groups in total. The molecule has 1 aliphatic rings. The highest BCUT2D eigenvalue weighted by atomic mass is 19.1. The molecule has 2 aromatic carbocycles. The van der Waals surface area contributed by atoms with Crippen molar-refractivity contribution >= 4 is 11.6 Å². The molecule has 0 aliphatic carbocycles. The van der Waals surface area contributed by atoms with Crippen molar-refractivity contribution in [3.05, 3.63) is 71.6 Å². The molecule has 1 aliphatic heterocycles. The highest BCUT2D eigenvalue weighted by molar-refractivity contribution is 5.96. The number of carbonyl (C=O) groups is 1. The van der Waals surface area contributed by atoms with Crippen LogP contribution in [0.3, 0.4) is 0 Å². The number of carbonyl (C=O) groups excluding carboxylic acids is 1. The number of nitrogens with zero attached hydrogens (tertiary/aromatic N) is 3. The number of hydrogen-bond donors (Lipinski definition) is 0. The van der Waals surface area contributed by atoms with Crippen molar-refractivity contribution < 1.29 is 18.4 Å². The Labute approximate surface area is 161 Å². The summed E-state index contributed by atoms with van der Waals surface area (Å²) in [7, 11) is 0. The first-order valence-electron chi connectivity index (χ1n) is 9.22. The van der Waals surface area contributed by atoms with Gasteiger partial charge in [-0.25, -0.2) is 4.39 Å². The number of amides is 1. The molecule has 1 amide bonds. The lowest BCUT2D eigenvalue weighted by Gasteiger charge is -2.16. The summed E-state index contributed by atoms with van der Waals surface area (Å²) in [5.41, 5.74) is 2.10. The van der Waals surface area contributed by atoms with Crippen LogP contribution in [0.4, 0.5) is 10.1 Å². The Bertz CT molecular complexity index is 971. The second kappa shape index (κ2) is 7.80. The Morgan fingerprint density at radius 2 is 2.07 bits per heavy atom. The molecule has 1 fully saturated rings. The zero-order valence-corrected chi connectivity index (χ0v) is 15.5. The lowest BCUT2D eigenvalue weighted by molar-refractivity contribution is -0.117. The summed E-state index contributed by atoms with van der Waals surface area (Å²) in [5.74, 6) is 0.669. The van der Waals surface area contributed by atoms with Gasteiger partial charge in [0.2, 0.25) is 17.6 Å². The first-order chi connectivity index (χ1) is 13.6. The van der Waals surface area contributed by atoms with Gasteiger partial charge in [0.1, 0.15) is 11.6 Å². The molecule has 2 heterocycles. The molecule has 0 radical (unpaired) electrons. The van der Waals surface area contributed by atoms with Gasteiger partial charge < -0.3 is 14.2 Å². The second-order valence-corrected chi connectivity index (χ2v) is 6.72. The minimum atomic E-state index is -0.372. The van der Waals surface area contributed by atoms with Gasteiger partial charge in [-0.3, -0.25) is 4.79 Å². The molecule has 1 atom stereocenters. The summed E-state index contributed by atoms with van der Waals surface area (Å²) < 4.78 is 24.0. The fourth-order valence-electron chi connectivity index (χ4n) is 3.23. The van der Waals surface area contributed by atoms with Gasteiger partial charge in [0, 0.05) is 24.7 Å². The van der Waals surface area contributed by atoms with Gasteiger partial charge in [-0.2, -0.15) is 4.98 Å². The fourth-order valence-corrected chi connectivity index (χ4v) is 3.23. The normalized spacial score (nSPS) is 16.6. The Kier molecular flexibility index (Phi) is 5.06. The van der Waals surface area contributed by atoms with E-state index in [1.165, 1.54) is 17.7 Å². The molecule has 6 nitrogen and oxygen atoms in total. The predicted molar refractivity (Wildman–Crippen MR) is 101 cm³/mol. The molecular weight excluding hydrogens is 361 g/mol. The number of aryl methyl sites for hydroxylation is 1. The Morgan fingerprint density at radius 1 is 1.25 bits per heavy atom. The molecule has 1 unspecified atom stereocenters. The van der Waals surface area contributed by atoms with Crippen molar-refractivity contribution in [2.45, 2.75) is 32.3 Å². The standard InChI is InChI=1S/C21H20FN3O3/c1-2-14-6-8-17(9-7-14)25-12-15(10-20(25)26)21-23-19(24-28-21)13-27-18-5-3-4-16(22)11-18/h3-9,11,15H,2,10,12-13H2,1H3. The van der Waals surface area contributed by atoms with Crippen LogP contribution >= 0.6 is 0 Å². The maximum atomic E-state index is 13.2. The summed E-state index contributed by atoms with van der Waals surface area (Å²) in [6.45, 7) is 2.66. The minimum Gasteiger partial charge on any atom is -0.485 e. The molecule has 0 bridgehead atoms. The molecule has 4 rings (SSSR count). The van der Waals surface area contributed by atoms with Crippen LogP contribution in [0.15, 0.2) is 53.1 Å². The van der Waals surface area contributed by atoms with Gasteiger partial charge in [0.25, 0.3) is 0 Å². The largest absolute Gasteiger partial charge is 0.485 e. The van der Waals surface area contributed by atoms with E-state index in [1.807, 2.05) is 24.3 Å². The minimum absolute atomic E-state index is 0.0324. The summed E-state index contributed by atoms with van der Waals surface area (Å²) in [5, 5.41) is 3.91. The monoisotopic (exact) mass is 381 g/mol. The lowest BCUT2D eigenvalue weighted by Crippen LogP contribution is -2.24. The fraction of sp³-hybridized carbons (Fsp3) is 0.286. The van der Waals surface area contributed by atoms with E-state index in [0.717, 1.165) is 12.1 Å². The van der Waals surface area contributed by atoms with E-state index in [-0.39, 0.29) is 24.2 Å². The zero-order chi connectivity index (χ0) is 19.5. The van der Waals surface area contributed by atoms with E-state index in [1.54, 1.807) is 17.0 Å². The first kappa shape index (κ1) is 18.2. The number of benzene rings is 2. The van der Waals surface area contributed by atoms with Crippen molar-refractivity contribution in [3.63, 3.8) is 0 Å². The summed E-state index contributed by atoms with van der Waals surface area (Å²) in [4.78, 5) is 18.5. The lowest BCUT2D eigenvalue weighted by atomic mass is 10.1. The first-order valence-corrected chi connectivity index (χ1v) is 9.22. The van der Waals surface area contributed by atoms with E-state index in [0.29, 0.717) is 30.4 Å². The summed E-state index contributed by atoms with van der Waals surface area (Å²) >= 11 is 0. The van der Waals surface area contributed by atoms with Crippen molar-refractivity contribution in [1.82, 2.24) is 10.1 Å². The van der Waals surface area contributed by atoms with Gasteiger partial charge in [-0.1, -0.05) is 30.3 Å². The maximum Gasteiger partial charge on any atom is 0.232 e. The highest BCUT2D eigenvalue weighted by Gasteiger charge is 2.35. The van der Waals surface area contributed by atoms with Crippen LogP contribution < -0.4 is 9.64 Å². The molecule has 0 spiro atoms. The van der Waals surface area contributed by atoms with Crippen LogP contribution in [-0.4, -0.2) is 22.6 Å². The van der Waals surface area contributed by atoms with E-state index in [9.17, 15) is 9.18 Å². The van der Waals surface area contributed by atoms with Gasteiger partial charge in [0.15, 0.2) is 6.61 Å². The SMILES string of the molecule is CCc1ccc(N2CC(c3nc(COc4cccc(F)c4)no3)CC2=O)cc1. The van der Waals surface area contributed by atoms with Crippen molar-refractivity contribution in [1.29, 1.82) is 0 Å². The highest BCUT2D eigenvalue weighted by Crippen LogP contribution is 2.31. The van der Waals surface area contributed by atoms with Gasteiger partial charge >= 0.3 is 0 Å². The smallest absolute Gasteiger partial charge is 0.232 e. The van der Waals surface area contributed by atoms with Crippen LogP contribution in [-0.2, 0) is 17.8 Å². The van der Waals surface area contributed by atoms with Gasteiger partial charge in [-0.05, 0) is 36.2 Å². The van der Waals surface area contributed by atoms with Crippen LogP contribution in [0.2, 0.25) is 0 Å². The molecular formula is C21H20FN3O3. The van der Waals surface area contributed by atoms with E-state index in [2.05, 4.69) is 17.1 Å². The van der Waals surface area contributed by atoms with Crippen LogP contribution in [0.1, 0.15) is 36.5 Å². The molecule has 28 heavy (non-hydrogen) atoms. The van der Waals surface area contributed by atoms with Crippen molar-refractivity contribution in [2.75, 3.05) is 11.4 Å². The quantitative estimate of drug-likeness (QED) is 0.648. The Hall–Kier alpha value is -3.22. The molecule has 1 saturated heterocycles. The molecule has 7 heteroatoms. The maximum absolute atomic E-state index is 13.2. The van der Waals surface area contributed by atoms with Crippen LogP contribution in [0.5, 0.6) is 5.75 Å². The molecule has 0 saturated carbocycles. The van der Waals surface area contributed by atoms with Gasteiger partial charge in [-0.15, -0.1) is 0 Å². The average Bonchev–Trinajstić information content (AvgIpc) is 3.33. The molecule has 144 valence electrons. The molecule has 1 aromatic heterocycles. The average molecular weight is 381 g/mol. The third kappa shape index (κ3) is 3.88. The zero-order valence-electron chi connectivity index (χ0n) is 15.5. The van der Waals surface area contributed by atoms with E-state index in [4.69, 9.17) is 9.26 Å². The third-order valence-corrected chi connectivity index (χ3v) is 4.78. The third-order valence-electron chi connectivity index (χ3n) is 4.78. The number of hydrogen-bond acceptors (Lipinski definition) is 5. The topological polar surface area (TPSA) is 68.5 Å². The summed E-state index contributed by atoms with van der Waals surface area (Å²) in [6.07, 6.45) is 1.28.